The lowest BCUT2D eigenvalue weighted by Gasteiger charge is -2.16. The van der Waals surface area contributed by atoms with Crippen molar-refractivity contribution in [2.45, 2.75) is 63.2 Å². The number of thioether (sulfide) groups is 1. The van der Waals surface area contributed by atoms with E-state index in [1.807, 2.05) is 6.26 Å². The topological polar surface area (TPSA) is 219 Å². The number of ether oxygens (including phenoxy) is 1. The van der Waals surface area contributed by atoms with E-state index in [2.05, 4.69) is 39.5 Å². The van der Waals surface area contributed by atoms with E-state index in [0.29, 0.717) is 18.6 Å². The van der Waals surface area contributed by atoms with E-state index >= 15 is 0 Å². The number of nitrogens with zero attached hydrogens (tertiary/aromatic N) is 4. The van der Waals surface area contributed by atoms with Crippen molar-refractivity contribution in [3.8, 4) is 11.8 Å². The Balaban J connectivity index is 1.71. The number of imidazole rings is 1. The van der Waals surface area contributed by atoms with Crippen molar-refractivity contribution in [3.05, 3.63) is 12.2 Å². The number of amides is 1. The maximum Gasteiger partial charge on any atom is 0.362 e. The van der Waals surface area contributed by atoms with Gasteiger partial charge in [-0.25, -0.2) is 19.7 Å². The molecular formula is C21H32N7O7S2+. The molecule has 1 aliphatic rings. The zero-order valence-electron chi connectivity index (χ0n) is 20.5. The molecule has 0 spiro atoms. The third kappa shape index (κ3) is 7.29. The minimum atomic E-state index is -4.50. The Kier molecular flexibility index (Phi) is 10.1. The first-order valence-electron chi connectivity index (χ1n) is 11.6. The van der Waals surface area contributed by atoms with E-state index in [4.69, 9.17) is 14.7 Å². The molecule has 0 saturated carbocycles. The lowest BCUT2D eigenvalue weighted by molar-refractivity contribution is -0.403. The van der Waals surface area contributed by atoms with Crippen LogP contribution in [-0.2, 0) is 24.0 Å². The van der Waals surface area contributed by atoms with Crippen LogP contribution in [0.2, 0.25) is 0 Å². The zero-order chi connectivity index (χ0) is 27.2. The highest BCUT2D eigenvalue weighted by Crippen LogP contribution is 2.32. The number of nitrogens with two attached hydrogens (primary N) is 1. The molecule has 3 rings (SSSR count). The van der Waals surface area contributed by atoms with Crippen molar-refractivity contribution < 1.29 is 38.1 Å². The molecular weight excluding hydrogens is 526 g/mol. The molecule has 1 amide bonds. The summed E-state index contributed by atoms with van der Waals surface area (Å²) in [5.74, 6) is 5.89. The standard InChI is InChI=1S/C21H31N7O7S2/c1-3-4-5-6-7-14-25-18(23)15-19(26-14)28(11-24-15)21-17(30)16(29)13(35-21)10-34-37(32,33)27-20(31)12(22)8-9-36-2/h11-13,16-17,21,29-30H,3-5,8-10,22H2,1-2H3,(H,27,31)(H2,23,25,26)/p+1/t12-,13+,16+,17-,21-/m0/s1. The molecule has 5 atom stereocenters. The molecule has 0 aromatic carbocycles. The van der Waals surface area contributed by atoms with Crippen LogP contribution in [-0.4, -0.2) is 87.0 Å². The molecule has 0 aliphatic carbocycles. The van der Waals surface area contributed by atoms with Gasteiger partial charge in [-0.05, 0) is 24.3 Å². The first-order valence-corrected chi connectivity index (χ1v) is 14.4. The van der Waals surface area contributed by atoms with Gasteiger partial charge in [0.15, 0.2) is 23.7 Å². The maximum atomic E-state index is 12.2. The van der Waals surface area contributed by atoms with Crippen LogP contribution in [0, 0.1) is 11.8 Å². The van der Waals surface area contributed by atoms with Gasteiger partial charge in [0, 0.05) is 12.8 Å². The Bertz CT molecular complexity index is 1260. The predicted molar refractivity (Wildman–Crippen MR) is 135 cm³/mol. The molecule has 1 aliphatic heterocycles. The number of quaternary nitrogens is 1. The van der Waals surface area contributed by atoms with Crippen molar-refractivity contribution in [1.82, 2.24) is 24.2 Å². The molecule has 1 fully saturated rings. The molecule has 14 nitrogen and oxygen atoms in total. The van der Waals surface area contributed by atoms with Gasteiger partial charge in [0.2, 0.25) is 5.82 Å². The Morgan fingerprint density at radius 3 is 2.86 bits per heavy atom. The van der Waals surface area contributed by atoms with Crippen molar-refractivity contribution in [3.63, 3.8) is 0 Å². The lowest BCUT2D eigenvalue weighted by atomic mass is 10.1. The number of aliphatic hydroxyl groups is 2. The Morgan fingerprint density at radius 1 is 1.41 bits per heavy atom. The molecule has 2 aromatic rings. The summed E-state index contributed by atoms with van der Waals surface area (Å²) in [4.78, 5) is 24.7. The SMILES string of the molecule is CCCCC#Cc1nc(N)c2ncn([C@H]3O[C@H](COS(=O)(=O)NC(=O)[C@@H]([NH3+])CCSC)[C@@H](O)[C@@H]3O)c2n1. The van der Waals surface area contributed by atoms with Crippen LogP contribution in [0.1, 0.15) is 44.7 Å². The van der Waals surface area contributed by atoms with Gasteiger partial charge in [0.1, 0.15) is 23.8 Å². The van der Waals surface area contributed by atoms with Crippen LogP contribution in [0.3, 0.4) is 0 Å². The summed E-state index contributed by atoms with van der Waals surface area (Å²) >= 11 is 1.50. The number of aromatic nitrogens is 4. The summed E-state index contributed by atoms with van der Waals surface area (Å²) in [6.07, 6.45) is 0.738. The van der Waals surface area contributed by atoms with Gasteiger partial charge < -0.3 is 26.4 Å². The molecule has 37 heavy (non-hydrogen) atoms. The molecule has 2 aromatic heterocycles. The van der Waals surface area contributed by atoms with Gasteiger partial charge in [0.05, 0.1) is 12.9 Å². The van der Waals surface area contributed by atoms with E-state index in [0.717, 1.165) is 12.8 Å². The number of rotatable bonds is 11. The average molecular weight is 559 g/mol. The number of nitrogen functional groups attached to an aromatic ring is 1. The van der Waals surface area contributed by atoms with E-state index in [1.54, 1.807) is 4.72 Å². The van der Waals surface area contributed by atoms with Crippen molar-refractivity contribution in [2.75, 3.05) is 24.3 Å². The number of unbranched alkanes of at least 4 members (excludes halogenated alkanes) is 2. The second kappa shape index (κ2) is 12.8. The van der Waals surface area contributed by atoms with Crippen LogP contribution in [0.4, 0.5) is 5.82 Å². The number of hydrogen-bond acceptors (Lipinski definition) is 12. The summed E-state index contributed by atoms with van der Waals surface area (Å²) in [6.45, 7) is 1.39. The first-order chi connectivity index (χ1) is 17.6. The van der Waals surface area contributed by atoms with Gasteiger partial charge in [0.25, 0.3) is 5.91 Å². The number of carbonyl (C=O) groups is 1. The normalized spacial score (nSPS) is 22.5. The lowest BCUT2D eigenvalue weighted by Crippen LogP contribution is -2.68. The Hall–Kier alpha value is -2.52. The van der Waals surface area contributed by atoms with Crippen molar-refractivity contribution in [2.24, 2.45) is 0 Å². The van der Waals surface area contributed by atoms with Crippen molar-refractivity contribution >= 4 is 45.0 Å². The highest BCUT2D eigenvalue weighted by molar-refractivity contribution is 7.98. The second-order valence-electron chi connectivity index (χ2n) is 8.39. The average Bonchev–Trinajstić information content (AvgIpc) is 3.40. The van der Waals surface area contributed by atoms with E-state index < -0.39 is 53.4 Å². The fourth-order valence-electron chi connectivity index (χ4n) is 3.47. The van der Waals surface area contributed by atoms with E-state index in [-0.39, 0.29) is 22.8 Å². The number of nitrogens with one attached hydrogen (secondary N) is 1. The first kappa shape index (κ1) is 29.0. The van der Waals surface area contributed by atoms with E-state index in [9.17, 15) is 23.4 Å². The zero-order valence-corrected chi connectivity index (χ0v) is 22.2. The molecule has 0 unspecified atom stereocenters. The number of aliphatic hydroxyl groups excluding tert-OH is 2. The van der Waals surface area contributed by atoms with Crippen LogP contribution >= 0.6 is 11.8 Å². The minimum Gasteiger partial charge on any atom is -0.387 e. The molecule has 8 N–H and O–H groups in total. The highest BCUT2D eigenvalue weighted by atomic mass is 32.2. The van der Waals surface area contributed by atoms with Crippen LogP contribution in [0.15, 0.2) is 6.33 Å². The fourth-order valence-corrected chi connectivity index (χ4v) is 4.77. The van der Waals surface area contributed by atoms with Gasteiger partial charge in [-0.1, -0.05) is 19.3 Å². The Morgan fingerprint density at radius 2 is 2.16 bits per heavy atom. The molecule has 0 radical (unpaired) electrons. The van der Waals surface area contributed by atoms with Gasteiger partial charge in [-0.3, -0.25) is 13.5 Å². The maximum absolute atomic E-state index is 12.2. The van der Waals surface area contributed by atoms with Crippen LogP contribution < -0.4 is 16.2 Å². The molecule has 204 valence electrons. The van der Waals surface area contributed by atoms with Crippen LogP contribution in [0.5, 0.6) is 0 Å². The largest absolute Gasteiger partial charge is 0.387 e. The molecule has 3 heterocycles. The van der Waals surface area contributed by atoms with Gasteiger partial charge >= 0.3 is 10.3 Å². The summed E-state index contributed by atoms with van der Waals surface area (Å²) in [7, 11) is -4.50. The van der Waals surface area contributed by atoms with Gasteiger partial charge in [-0.2, -0.15) is 20.2 Å². The molecule has 1 saturated heterocycles. The van der Waals surface area contributed by atoms with Crippen molar-refractivity contribution in [1.29, 1.82) is 0 Å². The summed E-state index contributed by atoms with van der Waals surface area (Å²) in [5.41, 5.74) is 10.1. The highest BCUT2D eigenvalue weighted by Gasteiger charge is 2.45. The quantitative estimate of drug-likeness (QED) is 0.154. The number of hydrogen-bond donors (Lipinski definition) is 5. The fraction of sp³-hybridized carbons (Fsp3) is 0.619. The smallest absolute Gasteiger partial charge is 0.362 e. The predicted octanol–water partition coefficient (Wildman–Crippen LogP) is -1.69. The third-order valence-electron chi connectivity index (χ3n) is 5.57. The van der Waals surface area contributed by atoms with E-state index in [1.165, 1.54) is 22.7 Å². The number of anilines is 1. The number of fused-ring (bicyclic) bond motifs is 1. The summed E-state index contributed by atoms with van der Waals surface area (Å²) in [5, 5.41) is 21.1. The van der Waals surface area contributed by atoms with Crippen LogP contribution in [0.25, 0.3) is 11.2 Å². The monoisotopic (exact) mass is 558 g/mol. The molecule has 16 heteroatoms. The summed E-state index contributed by atoms with van der Waals surface area (Å²) < 4.78 is 38.1. The van der Waals surface area contributed by atoms with Gasteiger partial charge in [-0.15, -0.1) is 0 Å². The third-order valence-corrected chi connectivity index (χ3v) is 7.11. The number of carbonyl (C=O) groups excluding carboxylic acids is 1. The Labute approximate surface area is 218 Å². The summed E-state index contributed by atoms with van der Waals surface area (Å²) in [6, 6.07) is -0.782. The second-order valence-corrected chi connectivity index (χ2v) is 10.7. The molecule has 0 bridgehead atoms. The minimum absolute atomic E-state index is 0.0829.